The van der Waals surface area contributed by atoms with E-state index in [2.05, 4.69) is 48.3 Å². The van der Waals surface area contributed by atoms with Gasteiger partial charge >= 0.3 is 0 Å². The molecule has 3 heterocycles. The molecule has 1 aromatic carbocycles. The summed E-state index contributed by atoms with van der Waals surface area (Å²) in [7, 11) is 0. The first-order chi connectivity index (χ1) is 15.0. The van der Waals surface area contributed by atoms with Crippen LogP contribution in [0.2, 0.25) is 0 Å². The Morgan fingerprint density at radius 2 is 2.03 bits per heavy atom. The molecule has 7 rings (SSSR count). The van der Waals surface area contributed by atoms with Crippen molar-refractivity contribution in [2.75, 3.05) is 0 Å². The van der Waals surface area contributed by atoms with E-state index in [0.29, 0.717) is 11.8 Å². The topological polar surface area (TPSA) is 42.4 Å². The molecule has 3 aliphatic carbocycles. The lowest BCUT2D eigenvalue weighted by Crippen LogP contribution is -2.54. The molecule has 2 spiro atoms. The van der Waals surface area contributed by atoms with Crippen LogP contribution in [-0.2, 0) is 4.74 Å². The molecule has 3 nitrogen and oxygen atoms in total. The maximum Gasteiger partial charge on any atom is 0.0974 e. The number of fused-ring (bicyclic) bond motifs is 2. The molecular formula is C28H31NO2. The van der Waals surface area contributed by atoms with Crippen LogP contribution in [0, 0.1) is 11.3 Å². The number of hydrogen-bond acceptors (Lipinski definition) is 3. The lowest BCUT2D eigenvalue weighted by atomic mass is 9.58. The normalized spacial score (nSPS) is 43.1. The molecule has 1 unspecified atom stereocenters. The predicted molar refractivity (Wildman–Crippen MR) is 122 cm³/mol. The third kappa shape index (κ3) is 2.34. The summed E-state index contributed by atoms with van der Waals surface area (Å²) in [5, 5.41) is 13.0. The summed E-state index contributed by atoms with van der Waals surface area (Å²) in [6.45, 7) is 2.52. The smallest absolute Gasteiger partial charge is 0.0974 e. The number of aromatic nitrogens is 1. The Morgan fingerprint density at radius 1 is 1.10 bits per heavy atom. The van der Waals surface area contributed by atoms with Gasteiger partial charge in [0.1, 0.15) is 0 Å². The van der Waals surface area contributed by atoms with E-state index in [-0.39, 0.29) is 22.7 Å². The van der Waals surface area contributed by atoms with Gasteiger partial charge in [-0.15, -0.1) is 0 Å². The van der Waals surface area contributed by atoms with Crippen LogP contribution in [-0.4, -0.2) is 27.4 Å². The molecule has 3 fully saturated rings. The van der Waals surface area contributed by atoms with Crippen LogP contribution < -0.4 is 0 Å². The summed E-state index contributed by atoms with van der Waals surface area (Å²) < 4.78 is 7.18. The number of allylic oxidation sites excluding steroid dienone is 1. The zero-order valence-electron chi connectivity index (χ0n) is 18.3. The van der Waals surface area contributed by atoms with E-state index in [1.807, 2.05) is 12.4 Å². The van der Waals surface area contributed by atoms with Gasteiger partial charge in [0.2, 0.25) is 0 Å². The van der Waals surface area contributed by atoms with Crippen molar-refractivity contribution < 1.29 is 9.84 Å². The van der Waals surface area contributed by atoms with Crippen molar-refractivity contribution in [1.82, 2.24) is 4.98 Å². The second-order valence-electron chi connectivity index (χ2n) is 11.1. The lowest BCUT2D eigenvalue weighted by molar-refractivity contribution is -0.144. The molecule has 2 aliphatic heterocycles. The zero-order valence-corrected chi connectivity index (χ0v) is 18.3. The number of benzene rings is 1. The highest BCUT2D eigenvalue weighted by Gasteiger charge is 2.66. The van der Waals surface area contributed by atoms with Gasteiger partial charge in [-0.2, -0.15) is 0 Å². The summed E-state index contributed by atoms with van der Waals surface area (Å²) in [4.78, 5) is 4.35. The number of pyridine rings is 1. The first-order valence-corrected chi connectivity index (χ1v) is 12.2. The molecule has 2 aromatic rings. The first-order valence-electron chi connectivity index (χ1n) is 12.2. The molecule has 1 N–H and O–H groups in total. The fourth-order valence-corrected chi connectivity index (χ4v) is 8.25. The SMILES string of the molecule is C[C@@]12CC=C3C=C4CC[C@@H](O)C[C@]45CC[C@]3(O5)[C@@H]1CCC2c1ccc2ccncc2c1. The van der Waals surface area contributed by atoms with Crippen LogP contribution in [0.4, 0.5) is 0 Å². The molecule has 0 amide bonds. The van der Waals surface area contributed by atoms with Crippen LogP contribution in [0.3, 0.4) is 0 Å². The molecule has 2 bridgehead atoms. The van der Waals surface area contributed by atoms with Gasteiger partial charge in [0.05, 0.1) is 17.3 Å². The van der Waals surface area contributed by atoms with Crippen molar-refractivity contribution in [3.05, 3.63) is 65.5 Å². The standard InChI is InChI=1S/C28H31NO2/c1-26-10-8-22-15-21-4-5-23(30)16-27(21)11-12-28(22,31-27)25(26)7-6-24(26)19-3-2-18-9-13-29-17-20(18)14-19/h2-3,8-9,13-15,17,23-25,30H,4-7,10-12,16H2,1H3/t23-,24?,25-,26+,27-,28-/m1/s1. The summed E-state index contributed by atoms with van der Waals surface area (Å²) in [6, 6.07) is 9.10. The summed E-state index contributed by atoms with van der Waals surface area (Å²) in [6.07, 6.45) is 17.1. The molecule has 160 valence electrons. The van der Waals surface area contributed by atoms with Crippen LogP contribution in [0.15, 0.2) is 60.0 Å². The molecule has 6 atom stereocenters. The number of rotatable bonds is 1. The van der Waals surface area contributed by atoms with Gasteiger partial charge in [0.15, 0.2) is 0 Å². The van der Waals surface area contributed by atoms with Crippen molar-refractivity contribution in [1.29, 1.82) is 0 Å². The minimum atomic E-state index is -0.213. The largest absolute Gasteiger partial charge is 0.393 e. The van der Waals surface area contributed by atoms with Gasteiger partial charge < -0.3 is 9.84 Å². The van der Waals surface area contributed by atoms with E-state index in [0.717, 1.165) is 38.5 Å². The second-order valence-corrected chi connectivity index (χ2v) is 11.1. The van der Waals surface area contributed by atoms with Gasteiger partial charge in [0, 0.05) is 24.2 Å². The Hall–Kier alpha value is -1.97. The molecule has 0 radical (unpaired) electrons. The van der Waals surface area contributed by atoms with Gasteiger partial charge in [0.25, 0.3) is 0 Å². The van der Waals surface area contributed by atoms with Crippen molar-refractivity contribution in [2.45, 2.75) is 81.5 Å². The molecular weight excluding hydrogens is 382 g/mol. The number of aliphatic hydroxyl groups is 1. The summed E-state index contributed by atoms with van der Waals surface area (Å²) in [5.41, 5.74) is 4.26. The number of nitrogens with zero attached hydrogens (tertiary/aromatic N) is 1. The highest BCUT2D eigenvalue weighted by Crippen LogP contribution is 2.69. The molecule has 2 saturated carbocycles. The quantitative estimate of drug-likeness (QED) is 0.639. The number of ether oxygens (including phenoxy) is 1. The first kappa shape index (κ1) is 18.6. The highest BCUT2D eigenvalue weighted by atomic mass is 16.5. The maximum atomic E-state index is 10.4. The lowest BCUT2D eigenvalue weighted by Gasteiger charge is -2.54. The fraction of sp³-hybridized carbons (Fsp3) is 0.536. The van der Waals surface area contributed by atoms with E-state index >= 15 is 0 Å². The highest BCUT2D eigenvalue weighted by molar-refractivity contribution is 5.82. The monoisotopic (exact) mass is 413 g/mol. The van der Waals surface area contributed by atoms with E-state index in [1.54, 1.807) is 0 Å². The Bertz CT molecular complexity index is 1150. The van der Waals surface area contributed by atoms with Crippen molar-refractivity contribution >= 4 is 10.8 Å². The van der Waals surface area contributed by atoms with Crippen molar-refractivity contribution in [2.24, 2.45) is 11.3 Å². The van der Waals surface area contributed by atoms with E-state index in [4.69, 9.17) is 4.74 Å². The Kier molecular flexibility index (Phi) is 3.65. The number of hydrogen-bond donors (Lipinski definition) is 1. The van der Waals surface area contributed by atoms with Gasteiger partial charge in [-0.05, 0) is 96.4 Å². The Morgan fingerprint density at radius 3 is 2.97 bits per heavy atom. The average molecular weight is 414 g/mol. The van der Waals surface area contributed by atoms with E-state index in [1.165, 1.54) is 40.3 Å². The molecule has 31 heavy (non-hydrogen) atoms. The predicted octanol–water partition coefficient (Wildman–Crippen LogP) is 5.84. The summed E-state index contributed by atoms with van der Waals surface area (Å²) in [5.74, 6) is 1.10. The van der Waals surface area contributed by atoms with Crippen LogP contribution in [0.1, 0.15) is 69.8 Å². The van der Waals surface area contributed by atoms with Crippen molar-refractivity contribution in [3.8, 4) is 0 Å². The third-order valence-corrected chi connectivity index (χ3v) is 9.72. The second kappa shape index (κ2) is 6.08. The average Bonchev–Trinajstić information content (AvgIpc) is 3.28. The minimum Gasteiger partial charge on any atom is -0.393 e. The van der Waals surface area contributed by atoms with E-state index < -0.39 is 0 Å². The maximum absolute atomic E-state index is 10.4. The summed E-state index contributed by atoms with van der Waals surface area (Å²) >= 11 is 0. The third-order valence-electron chi connectivity index (χ3n) is 9.72. The number of aliphatic hydroxyl groups excluding tert-OH is 1. The molecule has 1 aromatic heterocycles. The Balaban J connectivity index is 1.31. The molecule has 3 heteroatoms. The molecule has 5 aliphatic rings. The minimum absolute atomic E-state index is 0.138. The fourth-order valence-electron chi connectivity index (χ4n) is 8.25. The van der Waals surface area contributed by atoms with Gasteiger partial charge in [-0.1, -0.05) is 31.2 Å². The van der Waals surface area contributed by atoms with E-state index in [9.17, 15) is 5.11 Å². The van der Waals surface area contributed by atoms with Crippen LogP contribution in [0.5, 0.6) is 0 Å². The zero-order chi connectivity index (χ0) is 20.8. The molecule has 1 saturated heterocycles. The Labute approximate surface area is 184 Å². The van der Waals surface area contributed by atoms with Crippen LogP contribution >= 0.6 is 0 Å². The van der Waals surface area contributed by atoms with Gasteiger partial charge in [-0.25, -0.2) is 0 Å². The van der Waals surface area contributed by atoms with Crippen molar-refractivity contribution in [3.63, 3.8) is 0 Å². The van der Waals surface area contributed by atoms with Crippen LogP contribution in [0.25, 0.3) is 10.8 Å². The van der Waals surface area contributed by atoms with Gasteiger partial charge in [-0.3, -0.25) is 4.98 Å².